The molecule has 0 heterocycles. The van der Waals surface area contributed by atoms with Crippen molar-refractivity contribution in [1.29, 1.82) is 0 Å². The Labute approximate surface area is 127 Å². The van der Waals surface area contributed by atoms with Crippen molar-refractivity contribution in [1.82, 2.24) is 10.6 Å². The molecule has 20 heavy (non-hydrogen) atoms. The smallest absolute Gasteiger partial charge is 0.239 e. The molecular weight excluding hydrogens is 278 g/mol. The zero-order valence-electron chi connectivity index (χ0n) is 12.4. The average Bonchev–Trinajstić information content (AvgIpc) is 2.44. The van der Waals surface area contributed by atoms with Gasteiger partial charge in [-0.15, -0.1) is 12.4 Å². The van der Waals surface area contributed by atoms with E-state index in [1.807, 2.05) is 6.92 Å². The quantitative estimate of drug-likeness (QED) is 0.664. The first-order valence-electron chi connectivity index (χ1n) is 7.35. The van der Waals surface area contributed by atoms with Gasteiger partial charge in [0.15, 0.2) is 0 Å². The van der Waals surface area contributed by atoms with Crippen LogP contribution in [0.5, 0.6) is 0 Å². The number of carbonyl (C=O) groups is 2. The number of nitrogens with one attached hydrogen (secondary N) is 2. The van der Waals surface area contributed by atoms with Crippen LogP contribution in [-0.2, 0) is 9.59 Å². The molecule has 6 heteroatoms. The molecule has 5 nitrogen and oxygen atoms in total. The molecule has 1 aliphatic carbocycles. The van der Waals surface area contributed by atoms with E-state index in [2.05, 4.69) is 10.6 Å². The Morgan fingerprint density at radius 2 is 1.75 bits per heavy atom. The summed E-state index contributed by atoms with van der Waals surface area (Å²) in [6.07, 6.45) is 6.95. The third-order valence-corrected chi connectivity index (χ3v) is 3.90. The summed E-state index contributed by atoms with van der Waals surface area (Å²) >= 11 is 0. The lowest BCUT2D eigenvalue weighted by molar-refractivity contribution is -0.127. The monoisotopic (exact) mass is 305 g/mol. The number of amides is 2. The van der Waals surface area contributed by atoms with E-state index < -0.39 is 0 Å². The lowest BCUT2D eigenvalue weighted by Gasteiger charge is -2.35. The predicted octanol–water partition coefficient (Wildman–Crippen LogP) is 1.35. The van der Waals surface area contributed by atoms with Crippen LogP contribution in [0.2, 0.25) is 0 Å². The van der Waals surface area contributed by atoms with Crippen molar-refractivity contribution in [3.05, 3.63) is 0 Å². The molecule has 118 valence electrons. The summed E-state index contributed by atoms with van der Waals surface area (Å²) in [5.41, 5.74) is 5.81. The topological polar surface area (TPSA) is 84.2 Å². The number of carbonyl (C=O) groups excluding carboxylic acids is 2. The maximum atomic E-state index is 11.9. The summed E-state index contributed by atoms with van der Waals surface area (Å²) in [5, 5.41) is 5.43. The minimum absolute atomic E-state index is 0. The van der Waals surface area contributed by atoms with Gasteiger partial charge in [-0.3, -0.25) is 9.59 Å². The Balaban J connectivity index is 0.00000361. The molecule has 1 fully saturated rings. The summed E-state index contributed by atoms with van der Waals surface area (Å²) in [4.78, 5) is 23.3. The molecule has 0 aromatic heterocycles. The fourth-order valence-corrected chi connectivity index (χ4v) is 2.66. The third-order valence-electron chi connectivity index (χ3n) is 3.90. The van der Waals surface area contributed by atoms with Gasteiger partial charge in [-0.1, -0.05) is 26.2 Å². The molecule has 1 rings (SSSR count). The number of nitrogens with two attached hydrogens (primary N) is 1. The molecule has 1 aliphatic rings. The van der Waals surface area contributed by atoms with Gasteiger partial charge in [0.1, 0.15) is 0 Å². The molecule has 1 saturated carbocycles. The Morgan fingerprint density at radius 1 is 1.10 bits per heavy atom. The van der Waals surface area contributed by atoms with Crippen LogP contribution in [-0.4, -0.2) is 31.4 Å². The van der Waals surface area contributed by atoms with Crippen LogP contribution < -0.4 is 16.4 Å². The second-order valence-electron chi connectivity index (χ2n) is 5.57. The summed E-state index contributed by atoms with van der Waals surface area (Å²) in [7, 11) is 0. The molecular formula is C14H28ClN3O2. The first kappa shape index (κ1) is 19.2. The Morgan fingerprint density at radius 3 is 2.30 bits per heavy atom. The molecule has 0 bridgehead atoms. The Kier molecular flexibility index (Phi) is 9.59. The fraction of sp³-hybridized carbons (Fsp3) is 0.857. The van der Waals surface area contributed by atoms with E-state index in [4.69, 9.17) is 5.73 Å². The largest absolute Gasteiger partial charge is 0.355 e. The highest BCUT2D eigenvalue weighted by molar-refractivity contribution is 5.85. The van der Waals surface area contributed by atoms with Crippen LogP contribution in [0.25, 0.3) is 0 Å². The molecule has 0 atom stereocenters. The Hall–Kier alpha value is -0.810. The van der Waals surface area contributed by atoms with Crippen LogP contribution in [0.15, 0.2) is 0 Å². The van der Waals surface area contributed by atoms with Crippen LogP contribution in [0.1, 0.15) is 51.9 Å². The third kappa shape index (κ3) is 6.57. The maximum absolute atomic E-state index is 11.9. The predicted molar refractivity (Wildman–Crippen MR) is 82.7 cm³/mol. The van der Waals surface area contributed by atoms with Gasteiger partial charge < -0.3 is 16.4 Å². The molecule has 0 spiro atoms. The fourth-order valence-electron chi connectivity index (χ4n) is 2.66. The zero-order valence-corrected chi connectivity index (χ0v) is 13.2. The van der Waals surface area contributed by atoms with Gasteiger partial charge in [0, 0.05) is 13.0 Å². The molecule has 0 radical (unpaired) electrons. The van der Waals surface area contributed by atoms with E-state index in [-0.39, 0.29) is 36.2 Å². The standard InChI is InChI=1S/C14H27N3O2.ClH/c1-2-8-16-13(19)10-17-12(18)9-14(11-15)6-4-3-5-7-14;/h2-11,15H2,1H3,(H,16,19)(H,17,18);1H. The van der Waals surface area contributed by atoms with Crippen molar-refractivity contribution < 1.29 is 9.59 Å². The van der Waals surface area contributed by atoms with E-state index in [0.717, 1.165) is 32.1 Å². The maximum Gasteiger partial charge on any atom is 0.239 e. The zero-order chi connectivity index (χ0) is 14.1. The van der Waals surface area contributed by atoms with Gasteiger partial charge in [-0.05, 0) is 31.2 Å². The summed E-state index contributed by atoms with van der Waals surface area (Å²) in [6.45, 7) is 3.27. The molecule has 2 amide bonds. The summed E-state index contributed by atoms with van der Waals surface area (Å²) < 4.78 is 0. The Bertz CT molecular complexity index is 305. The SMILES string of the molecule is CCCNC(=O)CNC(=O)CC1(CN)CCCCC1.Cl. The lowest BCUT2D eigenvalue weighted by Crippen LogP contribution is -2.42. The second-order valence-corrected chi connectivity index (χ2v) is 5.57. The van der Waals surface area contributed by atoms with Crippen molar-refractivity contribution in [3.8, 4) is 0 Å². The van der Waals surface area contributed by atoms with Crippen LogP contribution in [0, 0.1) is 5.41 Å². The molecule has 0 aromatic carbocycles. The van der Waals surface area contributed by atoms with Crippen molar-refractivity contribution >= 4 is 24.2 Å². The second kappa shape index (κ2) is 10.00. The van der Waals surface area contributed by atoms with E-state index in [1.54, 1.807) is 0 Å². The van der Waals surface area contributed by atoms with E-state index in [9.17, 15) is 9.59 Å². The van der Waals surface area contributed by atoms with Gasteiger partial charge in [-0.2, -0.15) is 0 Å². The van der Waals surface area contributed by atoms with Crippen LogP contribution >= 0.6 is 12.4 Å². The van der Waals surface area contributed by atoms with Gasteiger partial charge in [0.25, 0.3) is 0 Å². The number of hydrogen-bond donors (Lipinski definition) is 3. The average molecular weight is 306 g/mol. The van der Waals surface area contributed by atoms with Gasteiger partial charge in [0.05, 0.1) is 6.54 Å². The minimum atomic E-state index is -0.124. The molecule has 0 unspecified atom stereocenters. The van der Waals surface area contributed by atoms with Crippen molar-refractivity contribution in [2.75, 3.05) is 19.6 Å². The molecule has 0 aliphatic heterocycles. The van der Waals surface area contributed by atoms with E-state index >= 15 is 0 Å². The number of hydrogen-bond acceptors (Lipinski definition) is 3. The molecule has 0 aromatic rings. The van der Waals surface area contributed by atoms with Crippen molar-refractivity contribution in [3.63, 3.8) is 0 Å². The van der Waals surface area contributed by atoms with Gasteiger partial charge in [-0.25, -0.2) is 0 Å². The highest BCUT2D eigenvalue weighted by Gasteiger charge is 2.32. The minimum Gasteiger partial charge on any atom is -0.355 e. The first-order chi connectivity index (χ1) is 9.12. The molecule has 0 saturated heterocycles. The lowest BCUT2D eigenvalue weighted by atomic mass is 9.71. The number of halogens is 1. The number of rotatable bonds is 7. The van der Waals surface area contributed by atoms with E-state index in [1.165, 1.54) is 6.42 Å². The highest BCUT2D eigenvalue weighted by atomic mass is 35.5. The molecule has 4 N–H and O–H groups in total. The van der Waals surface area contributed by atoms with Gasteiger partial charge in [0.2, 0.25) is 11.8 Å². The van der Waals surface area contributed by atoms with Crippen molar-refractivity contribution in [2.24, 2.45) is 11.1 Å². The highest BCUT2D eigenvalue weighted by Crippen LogP contribution is 2.38. The van der Waals surface area contributed by atoms with Crippen LogP contribution in [0.3, 0.4) is 0 Å². The van der Waals surface area contributed by atoms with Crippen molar-refractivity contribution in [2.45, 2.75) is 51.9 Å². The normalized spacial score (nSPS) is 16.9. The van der Waals surface area contributed by atoms with Crippen LogP contribution in [0.4, 0.5) is 0 Å². The first-order valence-corrected chi connectivity index (χ1v) is 7.35. The van der Waals surface area contributed by atoms with Gasteiger partial charge >= 0.3 is 0 Å². The summed E-state index contributed by atoms with van der Waals surface area (Å²) in [6, 6.07) is 0. The summed E-state index contributed by atoms with van der Waals surface area (Å²) in [5.74, 6) is -0.181. The van der Waals surface area contributed by atoms with E-state index in [0.29, 0.717) is 19.5 Å².